The summed E-state index contributed by atoms with van der Waals surface area (Å²) in [6, 6.07) is 11.7. The molecule has 0 aliphatic carbocycles. The smallest absolute Gasteiger partial charge is 0.324 e. The van der Waals surface area contributed by atoms with Gasteiger partial charge in [0.25, 0.3) is 0 Å². The maximum atomic E-state index is 12.3. The molecular weight excluding hydrogens is 366 g/mol. The van der Waals surface area contributed by atoms with Gasteiger partial charge in [0.1, 0.15) is 6.04 Å². The highest BCUT2D eigenvalue weighted by molar-refractivity contribution is 7.89. The summed E-state index contributed by atoms with van der Waals surface area (Å²) in [6.45, 7) is 1.58. The number of aryl methyl sites for hydroxylation is 1. The second-order valence-electron chi connectivity index (χ2n) is 5.43. The second-order valence-corrected chi connectivity index (χ2v) is 7.55. The van der Waals surface area contributed by atoms with E-state index in [1.54, 1.807) is 36.4 Å². The lowest BCUT2D eigenvalue weighted by molar-refractivity contribution is -0.140. The fraction of sp³-hybridized carbons (Fsp3) is 0.235. The first-order chi connectivity index (χ1) is 11.8. The minimum Gasteiger partial charge on any atom is -0.480 e. The van der Waals surface area contributed by atoms with Crippen molar-refractivity contribution in [2.24, 2.45) is 0 Å². The molecule has 0 amide bonds. The first kappa shape index (κ1) is 19.4. The minimum atomic E-state index is -3.96. The Morgan fingerprint density at radius 2 is 1.84 bits per heavy atom. The predicted molar refractivity (Wildman–Crippen MR) is 94.0 cm³/mol. The number of hydrogen-bond donors (Lipinski definition) is 2. The summed E-state index contributed by atoms with van der Waals surface area (Å²) in [6.07, 6.45) is 0. The average molecular weight is 384 g/mol. The number of hydrogen-bond acceptors (Lipinski definition) is 4. The number of carboxylic acids is 1. The van der Waals surface area contributed by atoms with Crippen LogP contribution in [0.4, 0.5) is 0 Å². The fourth-order valence-corrected chi connectivity index (χ4v) is 3.39. The van der Waals surface area contributed by atoms with Crippen LogP contribution in [0.2, 0.25) is 5.02 Å². The Bertz CT molecular complexity index is 836. The Morgan fingerprint density at radius 3 is 2.44 bits per heavy atom. The van der Waals surface area contributed by atoms with Crippen LogP contribution in [0.5, 0.6) is 0 Å². The Morgan fingerprint density at radius 1 is 1.20 bits per heavy atom. The van der Waals surface area contributed by atoms with E-state index in [0.717, 1.165) is 5.56 Å². The first-order valence-corrected chi connectivity index (χ1v) is 9.28. The maximum absolute atomic E-state index is 12.3. The highest BCUT2D eigenvalue weighted by Crippen LogP contribution is 2.16. The van der Waals surface area contributed by atoms with Crippen molar-refractivity contribution in [2.45, 2.75) is 24.5 Å². The van der Waals surface area contributed by atoms with Gasteiger partial charge in [-0.25, -0.2) is 8.42 Å². The quantitative estimate of drug-likeness (QED) is 0.730. The summed E-state index contributed by atoms with van der Waals surface area (Å²) < 4.78 is 32.1. The molecule has 0 fully saturated rings. The van der Waals surface area contributed by atoms with E-state index in [4.69, 9.17) is 16.3 Å². The van der Waals surface area contributed by atoms with Gasteiger partial charge in [-0.2, -0.15) is 4.72 Å². The van der Waals surface area contributed by atoms with Crippen molar-refractivity contribution in [3.63, 3.8) is 0 Å². The van der Waals surface area contributed by atoms with Gasteiger partial charge in [-0.05, 0) is 30.7 Å². The van der Waals surface area contributed by atoms with E-state index in [1.165, 1.54) is 12.1 Å². The highest BCUT2D eigenvalue weighted by Gasteiger charge is 2.25. The van der Waals surface area contributed by atoms with Crippen LogP contribution in [0.25, 0.3) is 0 Å². The van der Waals surface area contributed by atoms with E-state index >= 15 is 0 Å². The standard InChI is InChI=1S/C17H18ClNO5S/c1-12-6-8-14(9-7-12)25(22,23)19-16(17(20)21)11-24-10-13-4-2-3-5-15(13)18/h2-9,16,19H,10-11H2,1H3,(H,20,21). The van der Waals surface area contributed by atoms with Gasteiger partial charge in [0.05, 0.1) is 18.1 Å². The normalized spacial score (nSPS) is 12.7. The molecule has 2 aromatic rings. The number of aliphatic carboxylic acids is 1. The monoisotopic (exact) mass is 383 g/mol. The molecule has 134 valence electrons. The largest absolute Gasteiger partial charge is 0.480 e. The van der Waals surface area contributed by atoms with Gasteiger partial charge >= 0.3 is 5.97 Å². The Kier molecular flexibility index (Phi) is 6.55. The molecule has 2 rings (SSSR count). The van der Waals surface area contributed by atoms with E-state index in [0.29, 0.717) is 10.6 Å². The second kappa shape index (κ2) is 8.44. The summed E-state index contributed by atoms with van der Waals surface area (Å²) in [4.78, 5) is 11.3. The molecule has 8 heteroatoms. The highest BCUT2D eigenvalue weighted by atomic mass is 35.5. The zero-order valence-corrected chi connectivity index (χ0v) is 15.0. The molecule has 0 spiro atoms. The Balaban J connectivity index is 2.02. The zero-order chi connectivity index (χ0) is 18.4. The van der Waals surface area contributed by atoms with Crippen LogP contribution in [0.3, 0.4) is 0 Å². The van der Waals surface area contributed by atoms with Crippen molar-refractivity contribution in [1.29, 1.82) is 0 Å². The van der Waals surface area contributed by atoms with Crippen molar-refractivity contribution in [3.05, 3.63) is 64.7 Å². The molecule has 25 heavy (non-hydrogen) atoms. The lowest BCUT2D eigenvalue weighted by Gasteiger charge is -2.15. The number of rotatable bonds is 8. The molecule has 1 atom stereocenters. The van der Waals surface area contributed by atoms with Crippen LogP contribution in [0.1, 0.15) is 11.1 Å². The van der Waals surface area contributed by atoms with Crippen LogP contribution in [-0.2, 0) is 26.2 Å². The van der Waals surface area contributed by atoms with E-state index < -0.39 is 22.0 Å². The third-order valence-electron chi connectivity index (χ3n) is 3.43. The SMILES string of the molecule is Cc1ccc(S(=O)(=O)NC(COCc2ccccc2Cl)C(=O)O)cc1. The predicted octanol–water partition coefficient (Wildman–Crippen LogP) is 2.60. The third kappa shape index (κ3) is 5.54. The molecule has 1 unspecified atom stereocenters. The van der Waals surface area contributed by atoms with E-state index in [2.05, 4.69) is 4.72 Å². The van der Waals surface area contributed by atoms with E-state index in [-0.39, 0.29) is 18.1 Å². The van der Waals surface area contributed by atoms with E-state index in [1.807, 2.05) is 6.92 Å². The van der Waals surface area contributed by atoms with Crippen LogP contribution < -0.4 is 4.72 Å². The number of nitrogens with one attached hydrogen (secondary N) is 1. The molecule has 0 heterocycles. The summed E-state index contributed by atoms with van der Waals surface area (Å²) >= 11 is 5.99. The van der Waals surface area contributed by atoms with Crippen molar-refractivity contribution < 1.29 is 23.1 Å². The zero-order valence-electron chi connectivity index (χ0n) is 13.5. The number of ether oxygens (including phenoxy) is 1. The molecule has 0 bridgehead atoms. The molecule has 2 aromatic carbocycles. The molecule has 0 radical (unpaired) electrons. The lowest BCUT2D eigenvalue weighted by atomic mass is 10.2. The lowest BCUT2D eigenvalue weighted by Crippen LogP contribution is -2.43. The number of sulfonamides is 1. The third-order valence-corrected chi connectivity index (χ3v) is 5.28. The molecule has 0 aliphatic heterocycles. The number of carboxylic acid groups (broad SMARTS) is 1. The summed E-state index contributed by atoms with van der Waals surface area (Å²) in [5.41, 5.74) is 1.59. The average Bonchev–Trinajstić information content (AvgIpc) is 2.56. The molecular formula is C17H18ClNO5S. The molecule has 0 saturated carbocycles. The Hall–Kier alpha value is -1.93. The van der Waals surface area contributed by atoms with Crippen LogP contribution >= 0.6 is 11.6 Å². The first-order valence-electron chi connectivity index (χ1n) is 7.42. The molecule has 0 aromatic heterocycles. The van der Waals surface area contributed by atoms with Crippen molar-refractivity contribution in [3.8, 4) is 0 Å². The number of carbonyl (C=O) groups is 1. The van der Waals surface area contributed by atoms with Gasteiger partial charge in [0, 0.05) is 5.02 Å². The number of halogens is 1. The van der Waals surface area contributed by atoms with Crippen LogP contribution in [0.15, 0.2) is 53.4 Å². The van der Waals surface area contributed by atoms with E-state index in [9.17, 15) is 18.3 Å². The maximum Gasteiger partial charge on any atom is 0.324 e. The fourth-order valence-electron chi connectivity index (χ4n) is 2.03. The van der Waals surface area contributed by atoms with Crippen LogP contribution in [0, 0.1) is 6.92 Å². The molecule has 2 N–H and O–H groups in total. The van der Waals surface area contributed by atoms with Gasteiger partial charge < -0.3 is 9.84 Å². The van der Waals surface area contributed by atoms with Gasteiger partial charge in [0.15, 0.2) is 0 Å². The van der Waals surface area contributed by atoms with Gasteiger partial charge in [-0.15, -0.1) is 0 Å². The van der Waals surface area contributed by atoms with Crippen molar-refractivity contribution >= 4 is 27.6 Å². The van der Waals surface area contributed by atoms with Gasteiger partial charge in [-0.1, -0.05) is 47.5 Å². The van der Waals surface area contributed by atoms with Crippen LogP contribution in [-0.4, -0.2) is 32.1 Å². The van der Waals surface area contributed by atoms with Crippen molar-refractivity contribution in [1.82, 2.24) is 4.72 Å². The molecule has 0 aliphatic rings. The van der Waals surface area contributed by atoms with Crippen molar-refractivity contribution in [2.75, 3.05) is 6.61 Å². The van der Waals surface area contributed by atoms with Gasteiger partial charge in [-0.3, -0.25) is 4.79 Å². The topological polar surface area (TPSA) is 92.7 Å². The summed E-state index contributed by atoms with van der Waals surface area (Å²) in [5, 5.41) is 9.74. The number of benzene rings is 2. The molecule has 6 nitrogen and oxygen atoms in total. The summed E-state index contributed by atoms with van der Waals surface area (Å²) in [7, 11) is -3.96. The summed E-state index contributed by atoms with van der Waals surface area (Å²) in [5.74, 6) is -1.32. The van der Waals surface area contributed by atoms with Gasteiger partial charge in [0.2, 0.25) is 10.0 Å². The minimum absolute atomic E-state index is 0.00421. The Labute approximate surface area is 151 Å². The molecule has 0 saturated heterocycles.